The molecule has 1 saturated heterocycles. The van der Waals surface area contributed by atoms with Gasteiger partial charge in [-0.25, -0.2) is 9.78 Å². The number of anilines is 1. The summed E-state index contributed by atoms with van der Waals surface area (Å²) in [4.78, 5) is 51.1. The van der Waals surface area contributed by atoms with Crippen molar-refractivity contribution in [2.45, 2.75) is 42.8 Å². The molecule has 16 heteroatoms. The predicted octanol–water partition coefficient (Wildman–Crippen LogP) is 1.02. The van der Waals surface area contributed by atoms with Crippen molar-refractivity contribution in [2.75, 3.05) is 24.3 Å². The quantitative estimate of drug-likeness (QED) is 0.158. The molecular weight excluding hydrogens is 528 g/mol. The smallest absolute Gasteiger partial charge is 0.352 e. The van der Waals surface area contributed by atoms with Gasteiger partial charge in [0, 0.05) is 22.3 Å². The van der Waals surface area contributed by atoms with Gasteiger partial charge in [-0.1, -0.05) is 37.7 Å². The van der Waals surface area contributed by atoms with Crippen LogP contribution in [-0.4, -0.2) is 83.7 Å². The van der Waals surface area contributed by atoms with Crippen LogP contribution in [0.25, 0.3) is 0 Å². The molecule has 0 unspecified atom stereocenters. The molecule has 0 saturated carbocycles. The highest BCUT2D eigenvalue weighted by Gasteiger charge is 2.54. The van der Waals surface area contributed by atoms with E-state index in [9.17, 15) is 19.5 Å². The van der Waals surface area contributed by atoms with Gasteiger partial charge in [0.1, 0.15) is 35.7 Å². The number of thioether (sulfide) groups is 2. The van der Waals surface area contributed by atoms with Crippen molar-refractivity contribution in [1.82, 2.24) is 30.4 Å². The zero-order valence-electron chi connectivity index (χ0n) is 19.8. The minimum Gasteiger partial charge on any atom is -0.477 e. The van der Waals surface area contributed by atoms with Crippen LogP contribution in [-0.2, 0) is 24.6 Å². The fourth-order valence-electron chi connectivity index (χ4n) is 3.50. The molecule has 2 aromatic heterocycles. The van der Waals surface area contributed by atoms with E-state index in [0.717, 1.165) is 17.2 Å². The first-order valence-corrected chi connectivity index (χ1v) is 13.5. The van der Waals surface area contributed by atoms with E-state index < -0.39 is 29.2 Å². The van der Waals surface area contributed by atoms with Gasteiger partial charge in [-0.2, -0.15) is 0 Å². The van der Waals surface area contributed by atoms with Gasteiger partial charge in [0.2, 0.25) is 0 Å². The summed E-state index contributed by atoms with van der Waals surface area (Å²) in [5.41, 5.74) is 6.03. The number of H-pyrrole nitrogens is 1. The number of fused-ring (bicyclic) bond motifs is 1. The third kappa shape index (κ3) is 5.05. The molecule has 192 valence electrons. The molecule has 36 heavy (non-hydrogen) atoms. The number of thiazole rings is 1. The van der Waals surface area contributed by atoms with Crippen molar-refractivity contribution < 1.29 is 24.3 Å². The second-order valence-electron chi connectivity index (χ2n) is 8.83. The van der Waals surface area contributed by atoms with Gasteiger partial charge in [0.05, 0.1) is 0 Å². The van der Waals surface area contributed by atoms with E-state index in [1.165, 1.54) is 35.5 Å². The molecule has 5 N–H and O–H groups in total. The van der Waals surface area contributed by atoms with Crippen LogP contribution in [0.4, 0.5) is 5.13 Å². The van der Waals surface area contributed by atoms with Gasteiger partial charge >= 0.3 is 5.97 Å². The van der Waals surface area contributed by atoms with Crippen LogP contribution in [0.15, 0.2) is 27.0 Å². The number of aromatic nitrogens is 4. The van der Waals surface area contributed by atoms with Crippen LogP contribution < -0.4 is 11.1 Å². The average Bonchev–Trinajstić information content (AvgIpc) is 3.47. The molecule has 0 spiro atoms. The molecule has 0 bridgehead atoms. The number of carboxylic acids is 1. The molecule has 2 atom stereocenters. The molecule has 4 heterocycles. The second-order valence-corrected chi connectivity index (χ2v) is 11.8. The van der Waals surface area contributed by atoms with Crippen LogP contribution in [0, 0.1) is 0 Å². The van der Waals surface area contributed by atoms with Crippen molar-refractivity contribution in [3.63, 3.8) is 0 Å². The van der Waals surface area contributed by atoms with E-state index >= 15 is 0 Å². The number of nitrogens with one attached hydrogen (secondary N) is 2. The van der Waals surface area contributed by atoms with E-state index in [-0.39, 0.29) is 27.6 Å². The number of hydrogen-bond acceptors (Lipinski definition) is 12. The highest BCUT2D eigenvalue weighted by molar-refractivity contribution is 8.01. The summed E-state index contributed by atoms with van der Waals surface area (Å²) >= 11 is 3.82. The predicted molar refractivity (Wildman–Crippen MR) is 136 cm³/mol. The van der Waals surface area contributed by atoms with E-state index in [1.807, 2.05) is 20.8 Å². The van der Waals surface area contributed by atoms with Crippen LogP contribution in [0.3, 0.4) is 0 Å². The number of nitrogen functional groups attached to an aromatic ring is 1. The summed E-state index contributed by atoms with van der Waals surface area (Å²) in [6, 6.07) is -0.923. The number of carbonyl (C=O) groups excluding carboxylic acids is 2. The molecule has 1 fully saturated rings. The Hall–Kier alpha value is -3.11. The molecule has 13 nitrogen and oxygen atoms in total. The first-order valence-electron chi connectivity index (χ1n) is 10.6. The van der Waals surface area contributed by atoms with Crippen molar-refractivity contribution >= 4 is 63.5 Å². The van der Waals surface area contributed by atoms with E-state index in [1.54, 1.807) is 5.38 Å². The summed E-state index contributed by atoms with van der Waals surface area (Å²) < 4.78 is 0. The average molecular weight is 553 g/mol. The number of aliphatic carboxylic acids is 1. The van der Waals surface area contributed by atoms with Gasteiger partial charge < -0.3 is 26.0 Å². The standard InChI is InChI=1S/C20H24N8O5S3/c1-20(2,3)17-24-19(26-25-17)36-6-8-5-34-15-11(14(30)28(15)12(8)16(31)32)23-13(29)10(27-33-4)9-7-35-18(21)22-9/h7,11,15H,5-6H2,1-4H3,(H2,21,22)(H,23,29)(H,31,32)(H,24,25,26)/t11-,15+/m1/s1. The molecule has 2 aliphatic rings. The Balaban J connectivity index is 1.47. The normalized spacial score (nSPS) is 20.2. The van der Waals surface area contributed by atoms with Crippen molar-refractivity contribution in [3.8, 4) is 0 Å². The highest BCUT2D eigenvalue weighted by Crippen LogP contribution is 2.41. The van der Waals surface area contributed by atoms with Gasteiger partial charge in [0.25, 0.3) is 11.8 Å². The first-order chi connectivity index (χ1) is 17.0. The number of hydrogen-bond donors (Lipinski definition) is 4. The number of nitrogens with zero attached hydrogens (tertiary/aromatic N) is 5. The Morgan fingerprint density at radius 2 is 2.17 bits per heavy atom. The van der Waals surface area contributed by atoms with Crippen LogP contribution in [0.5, 0.6) is 0 Å². The number of nitrogens with two attached hydrogens (primary N) is 1. The fraction of sp³-hybridized carbons (Fsp3) is 0.450. The van der Waals surface area contributed by atoms with E-state index in [4.69, 9.17) is 10.6 Å². The maximum Gasteiger partial charge on any atom is 0.352 e. The summed E-state index contributed by atoms with van der Waals surface area (Å²) in [6.45, 7) is 6.02. The Kier molecular flexibility index (Phi) is 7.28. The fourth-order valence-corrected chi connectivity index (χ4v) is 6.34. The number of carbonyl (C=O) groups is 3. The summed E-state index contributed by atoms with van der Waals surface area (Å²) in [5.74, 6) is -0.994. The minimum atomic E-state index is -1.21. The van der Waals surface area contributed by atoms with Crippen LogP contribution >= 0.6 is 34.9 Å². The molecule has 0 aromatic carbocycles. The second kappa shape index (κ2) is 10.1. The number of carboxylic acid groups (broad SMARTS) is 1. The Labute approximate surface area is 218 Å². The molecule has 4 rings (SSSR count). The van der Waals surface area contributed by atoms with E-state index in [2.05, 4.69) is 30.6 Å². The molecule has 2 aromatic rings. The summed E-state index contributed by atoms with van der Waals surface area (Å²) in [7, 11) is 1.28. The molecule has 2 amide bonds. The lowest BCUT2D eigenvalue weighted by atomic mass is 9.96. The monoisotopic (exact) mass is 552 g/mol. The third-order valence-electron chi connectivity index (χ3n) is 5.26. The zero-order valence-corrected chi connectivity index (χ0v) is 22.2. The van der Waals surface area contributed by atoms with Gasteiger partial charge in [0.15, 0.2) is 16.0 Å². The lowest BCUT2D eigenvalue weighted by Crippen LogP contribution is -2.71. The zero-order chi connectivity index (χ0) is 26.2. The third-order valence-corrected chi connectivity index (χ3v) is 8.22. The van der Waals surface area contributed by atoms with Crippen molar-refractivity contribution in [1.29, 1.82) is 0 Å². The van der Waals surface area contributed by atoms with Crippen molar-refractivity contribution in [3.05, 3.63) is 28.2 Å². The maximum atomic E-state index is 13.0. The number of oxime groups is 1. The molecule has 0 aliphatic carbocycles. The molecule has 2 aliphatic heterocycles. The van der Waals surface area contributed by atoms with Gasteiger partial charge in [-0.15, -0.1) is 33.3 Å². The van der Waals surface area contributed by atoms with Gasteiger partial charge in [-0.3, -0.25) is 14.5 Å². The summed E-state index contributed by atoms with van der Waals surface area (Å²) in [6.07, 6.45) is 0. The van der Waals surface area contributed by atoms with Crippen LogP contribution in [0.1, 0.15) is 32.3 Å². The number of aromatic amines is 1. The number of amides is 2. The topological polar surface area (TPSA) is 189 Å². The Morgan fingerprint density at radius 3 is 2.75 bits per heavy atom. The first kappa shape index (κ1) is 26.0. The largest absolute Gasteiger partial charge is 0.477 e. The SMILES string of the molecule is CON=C(C(=O)N[C@@H]1C(=O)N2C(C(=O)O)=C(CSc3nnc(C(C)(C)C)[nH]3)CS[C@@H]12)c1csc(N)n1. The molecule has 0 radical (unpaired) electrons. The van der Waals surface area contributed by atoms with Crippen molar-refractivity contribution in [2.24, 2.45) is 5.16 Å². The molecular formula is C20H24N8O5S3. The lowest BCUT2D eigenvalue weighted by molar-refractivity contribution is -0.150. The maximum absolute atomic E-state index is 13.0. The lowest BCUT2D eigenvalue weighted by Gasteiger charge is -2.49. The van der Waals surface area contributed by atoms with Gasteiger partial charge in [-0.05, 0) is 5.57 Å². The minimum absolute atomic E-state index is 0.0737. The van der Waals surface area contributed by atoms with E-state index in [0.29, 0.717) is 22.2 Å². The Bertz CT molecular complexity index is 1260. The number of rotatable bonds is 8. The summed E-state index contributed by atoms with van der Waals surface area (Å²) in [5, 5.41) is 26.3. The number of β-lactam (4-membered cyclic amide) rings is 1. The Morgan fingerprint density at radius 1 is 1.42 bits per heavy atom. The highest BCUT2D eigenvalue weighted by atomic mass is 32.2. The van der Waals surface area contributed by atoms with Crippen LogP contribution in [0.2, 0.25) is 0 Å².